The molecule has 0 bridgehead atoms. The lowest BCUT2D eigenvalue weighted by Crippen LogP contribution is -2.39. The van der Waals surface area contributed by atoms with Gasteiger partial charge in [-0.2, -0.15) is 0 Å². The van der Waals surface area contributed by atoms with Crippen molar-refractivity contribution < 1.29 is 14.3 Å². The van der Waals surface area contributed by atoms with Crippen LogP contribution < -0.4 is 20.1 Å². The number of ether oxygens (including phenoxy) is 2. The van der Waals surface area contributed by atoms with E-state index < -0.39 is 0 Å². The Hall–Kier alpha value is -1.75. The van der Waals surface area contributed by atoms with Crippen LogP contribution in [0.4, 0.5) is 5.69 Å². The molecule has 1 aromatic carbocycles. The van der Waals surface area contributed by atoms with Crippen molar-refractivity contribution in [3.63, 3.8) is 0 Å². The number of rotatable bonds is 5. The Labute approximate surface area is 137 Å². The normalized spacial score (nSPS) is 26.4. The first kappa shape index (κ1) is 16.1. The molecule has 1 aromatic rings. The second-order valence-electron chi connectivity index (χ2n) is 6.39. The topological polar surface area (TPSA) is 59.6 Å². The third kappa shape index (κ3) is 3.61. The minimum absolute atomic E-state index is 0.0482. The van der Waals surface area contributed by atoms with Crippen LogP contribution in [0, 0.1) is 5.92 Å². The van der Waals surface area contributed by atoms with Crippen LogP contribution in [-0.4, -0.2) is 31.7 Å². The number of anilines is 1. The van der Waals surface area contributed by atoms with Crippen LogP contribution in [0.15, 0.2) is 18.2 Å². The van der Waals surface area contributed by atoms with Gasteiger partial charge in [0.2, 0.25) is 5.91 Å². The van der Waals surface area contributed by atoms with Crippen molar-refractivity contribution >= 4 is 11.6 Å². The van der Waals surface area contributed by atoms with E-state index in [-0.39, 0.29) is 11.9 Å². The summed E-state index contributed by atoms with van der Waals surface area (Å²) >= 11 is 0. The highest BCUT2D eigenvalue weighted by Crippen LogP contribution is 2.34. The molecule has 1 aliphatic heterocycles. The van der Waals surface area contributed by atoms with Crippen LogP contribution in [0.5, 0.6) is 11.5 Å². The Kier molecular flexibility index (Phi) is 5.06. The van der Waals surface area contributed by atoms with E-state index in [2.05, 4.69) is 10.6 Å². The number of nitrogens with one attached hydrogen (secondary N) is 2. The van der Waals surface area contributed by atoms with Crippen LogP contribution in [-0.2, 0) is 4.79 Å². The minimum atomic E-state index is -0.0826. The summed E-state index contributed by atoms with van der Waals surface area (Å²) in [6.07, 6.45) is 5.97. The third-order valence-corrected chi connectivity index (χ3v) is 4.91. The predicted molar refractivity (Wildman–Crippen MR) is 90.1 cm³/mol. The Morgan fingerprint density at radius 1 is 1.30 bits per heavy atom. The Balaban J connectivity index is 1.64. The molecule has 3 rings (SSSR count). The van der Waals surface area contributed by atoms with E-state index >= 15 is 0 Å². The maximum atomic E-state index is 12.5. The molecule has 1 saturated carbocycles. The lowest BCUT2D eigenvalue weighted by molar-refractivity contribution is -0.117. The van der Waals surface area contributed by atoms with E-state index in [9.17, 15) is 4.79 Å². The summed E-state index contributed by atoms with van der Waals surface area (Å²) in [4.78, 5) is 12.5. The van der Waals surface area contributed by atoms with E-state index in [1.165, 1.54) is 25.7 Å². The number of hydrogen-bond acceptors (Lipinski definition) is 4. The zero-order valence-corrected chi connectivity index (χ0v) is 13.9. The zero-order valence-electron chi connectivity index (χ0n) is 13.9. The first-order valence-electron chi connectivity index (χ1n) is 8.59. The summed E-state index contributed by atoms with van der Waals surface area (Å²) in [6, 6.07) is 5.93. The number of methoxy groups -OCH3 is 1. The summed E-state index contributed by atoms with van der Waals surface area (Å²) in [5.41, 5.74) is 0.746. The van der Waals surface area contributed by atoms with Crippen molar-refractivity contribution in [3.8, 4) is 11.5 Å². The van der Waals surface area contributed by atoms with E-state index in [1.54, 1.807) is 7.11 Å². The Morgan fingerprint density at radius 3 is 2.87 bits per heavy atom. The summed E-state index contributed by atoms with van der Waals surface area (Å²) in [5.74, 6) is 2.04. The molecular formula is C18H26N2O3. The average molecular weight is 318 g/mol. The van der Waals surface area contributed by atoms with Crippen LogP contribution >= 0.6 is 0 Å². The fraction of sp³-hybridized carbons (Fsp3) is 0.611. The molecule has 1 aliphatic carbocycles. The first-order chi connectivity index (χ1) is 11.2. The van der Waals surface area contributed by atoms with Crippen molar-refractivity contribution in [1.29, 1.82) is 0 Å². The molecule has 3 unspecified atom stereocenters. The highest BCUT2D eigenvalue weighted by Gasteiger charge is 2.38. The number of benzene rings is 1. The fourth-order valence-corrected chi connectivity index (χ4v) is 3.77. The van der Waals surface area contributed by atoms with Crippen LogP contribution in [0.2, 0.25) is 0 Å². The lowest BCUT2D eigenvalue weighted by atomic mass is 9.85. The third-order valence-electron chi connectivity index (χ3n) is 4.91. The monoisotopic (exact) mass is 318 g/mol. The van der Waals surface area contributed by atoms with Gasteiger partial charge in [0.05, 0.1) is 19.8 Å². The SMILES string of the molecule is CCOc1cc(NC(=O)C2CC3CCCCC3N2)ccc1OC. The van der Waals surface area contributed by atoms with Gasteiger partial charge in [-0.15, -0.1) is 0 Å². The van der Waals surface area contributed by atoms with E-state index in [1.807, 2.05) is 25.1 Å². The van der Waals surface area contributed by atoms with Crippen LogP contribution in [0.25, 0.3) is 0 Å². The number of fused-ring (bicyclic) bond motifs is 1. The van der Waals surface area contributed by atoms with Gasteiger partial charge in [-0.05, 0) is 44.2 Å². The molecule has 23 heavy (non-hydrogen) atoms. The minimum Gasteiger partial charge on any atom is -0.493 e. The molecule has 1 saturated heterocycles. The van der Waals surface area contributed by atoms with Crippen molar-refractivity contribution in [3.05, 3.63) is 18.2 Å². The molecule has 1 heterocycles. The molecule has 126 valence electrons. The van der Waals surface area contributed by atoms with Crippen molar-refractivity contribution in [2.24, 2.45) is 5.92 Å². The lowest BCUT2D eigenvalue weighted by Gasteiger charge is -2.24. The molecule has 2 fully saturated rings. The van der Waals surface area contributed by atoms with Gasteiger partial charge < -0.3 is 20.1 Å². The molecule has 1 amide bonds. The first-order valence-corrected chi connectivity index (χ1v) is 8.59. The summed E-state index contributed by atoms with van der Waals surface area (Å²) in [7, 11) is 1.61. The molecule has 5 heteroatoms. The molecule has 0 aromatic heterocycles. The van der Waals surface area contributed by atoms with Gasteiger partial charge in [0.25, 0.3) is 0 Å². The number of amides is 1. The zero-order chi connectivity index (χ0) is 16.2. The maximum absolute atomic E-state index is 12.5. The van der Waals surface area contributed by atoms with Crippen molar-refractivity contribution in [2.45, 2.75) is 51.1 Å². The molecule has 5 nitrogen and oxygen atoms in total. The Morgan fingerprint density at radius 2 is 2.13 bits per heavy atom. The number of carbonyl (C=O) groups is 1. The second-order valence-corrected chi connectivity index (χ2v) is 6.39. The smallest absolute Gasteiger partial charge is 0.241 e. The quantitative estimate of drug-likeness (QED) is 0.876. The van der Waals surface area contributed by atoms with Gasteiger partial charge >= 0.3 is 0 Å². The molecule has 3 atom stereocenters. The summed E-state index contributed by atoms with van der Waals surface area (Å²) in [6.45, 7) is 2.48. The van der Waals surface area contributed by atoms with Gasteiger partial charge in [-0.3, -0.25) is 4.79 Å². The molecule has 2 aliphatic rings. The predicted octanol–water partition coefficient (Wildman–Crippen LogP) is 2.95. The van der Waals surface area contributed by atoms with E-state index in [0.29, 0.717) is 30.1 Å². The highest BCUT2D eigenvalue weighted by atomic mass is 16.5. The highest BCUT2D eigenvalue weighted by molar-refractivity contribution is 5.95. The van der Waals surface area contributed by atoms with Crippen molar-refractivity contribution in [2.75, 3.05) is 19.0 Å². The van der Waals surface area contributed by atoms with Gasteiger partial charge in [0, 0.05) is 17.8 Å². The van der Waals surface area contributed by atoms with Crippen LogP contribution in [0.3, 0.4) is 0 Å². The maximum Gasteiger partial charge on any atom is 0.241 e. The van der Waals surface area contributed by atoms with Gasteiger partial charge in [0.15, 0.2) is 11.5 Å². The van der Waals surface area contributed by atoms with Crippen LogP contribution in [0.1, 0.15) is 39.0 Å². The van der Waals surface area contributed by atoms with E-state index in [0.717, 1.165) is 12.1 Å². The largest absolute Gasteiger partial charge is 0.493 e. The molecule has 2 N–H and O–H groups in total. The second kappa shape index (κ2) is 7.21. The van der Waals surface area contributed by atoms with Gasteiger partial charge in [-0.1, -0.05) is 12.8 Å². The van der Waals surface area contributed by atoms with Gasteiger partial charge in [-0.25, -0.2) is 0 Å². The number of hydrogen-bond donors (Lipinski definition) is 2. The average Bonchev–Trinajstić information content (AvgIpc) is 3.00. The molecular weight excluding hydrogens is 292 g/mol. The Bertz CT molecular complexity index is 547. The summed E-state index contributed by atoms with van der Waals surface area (Å²) in [5, 5.41) is 6.51. The van der Waals surface area contributed by atoms with Crippen molar-refractivity contribution in [1.82, 2.24) is 5.32 Å². The molecule has 0 spiro atoms. The fourth-order valence-electron chi connectivity index (χ4n) is 3.77. The number of carbonyl (C=O) groups excluding carboxylic acids is 1. The van der Waals surface area contributed by atoms with Gasteiger partial charge in [0.1, 0.15) is 0 Å². The van der Waals surface area contributed by atoms with E-state index in [4.69, 9.17) is 9.47 Å². The molecule has 0 radical (unpaired) electrons. The standard InChI is InChI=1S/C18H26N2O3/c1-3-23-17-11-13(8-9-16(17)22-2)19-18(21)15-10-12-6-4-5-7-14(12)20-15/h8-9,11-12,14-15,20H,3-7,10H2,1-2H3,(H,19,21). The summed E-state index contributed by atoms with van der Waals surface area (Å²) < 4.78 is 10.8.